The van der Waals surface area contributed by atoms with E-state index in [1.54, 1.807) is 17.1 Å². The number of ether oxygens (including phenoxy) is 3. The lowest BCUT2D eigenvalue weighted by Gasteiger charge is -2.19. The largest absolute Gasteiger partial charge is 0.482 e. The average molecular weight is 349 g/mol. The highest BCUT2D eigenvalue weighted by Crippen LogP contribution is 2.16. The quantitative estimate of drug-likeness (QED) is 0.727. The monoisotopic (exact) mass is 349 g/mol. The number of carbonyl (C=O) groups excluding carboxylic acids is 1. The summed E-state index contributed by atoms with van der Waals surface area (Å²) < 4.78 is 20.4. The maximum atomic E-state index is 12.1. The zero-order valence-corrected chi connectivity index (χ0v) is 14.4. The van der Waals surface area contributed by atoms with Gasteiger partial charge in [0, 0.05) is 26.0 Å². The van der Waals surface area contributed by atoms with Crippen LogP contribution in [0.3, 0.4) is 0 Å². The molecule has 0 radical (unpaired) electrons. The number of imidazole rings is 1. The van der Waals surface area contributed by atoms with E-state index in [0.717, 1.165) is 12.4 Å². The molecule has 1 N–H and O–H groups in total. The first-order valence-corrected chi connectivity index (χ1v) is 8.26. The predicted molar refractivity (Wildman–Crippen MR) is 87.9 cm³/mol. The minimum Gasteiger partial charge on any atom is -0.482 e. The van der Waals surface area contributed by atoms with Gasteiger partial charge in [-0.1, -0.05) is 0 Å². The Kier molecular flexibility index (Phi) is 5.67. The lowest BCUT2D eigenvalue weighted by Crippen LogP contribution is -2.46. The Balaban J connectivity index is 1.44. The molecule has 0 saturated carbocycles. The molecule has 1 fully saturated rings. The molecule has 136 valence electrons. The second-order valence-corrected chi connectivity index (χ2v) is 5.85. The molecule has 1 aliphatic heterocycles. The molecule has 3 heterocycles. The molecule has 0 unspecified atom stereocenters. The number of hydrogen-bond acceptors (Lipinski definition) is 6. The van der Waals surface area contributed by atoms with Gasteiger partial charge in [0.25, 0.3) is 0 Å². The molecule has 1 saturated heterocycles. The third-order valence-corrected chi connectivity index (χ3v) is 3.98. The molecular weight excluding hydrogens is 326 g/mol. The minimum atomic E-state index is -0.243. The molecule has 2 aromatic heterocycles. The number of aryl methyl sites for hydroxylation is 2. The van der Waals surface area contributed by atoms with E-state index in [9.17, 15) is 4.79 Å². The zero-order chi connectivity index (χ0) is 17.6. The van der Waals surface area contributed by atoms with Crippen LogP contribution in [0.5, 0.6) is 5.75 Å². The van der Waals surface area contributed by atoms with Crippen LogP contribution in [0.15, 0.2) is 24.8 Å². The zero-order valence-electron chi connectivity index (χ0n) is 14.4. The van der Waals surface area contributed by atoms with Gasteiger partial charge >= 0.3 is 0 Å². The number of aromatic nitrogens is 4. The molecule has 0 aromatic carbocycles. The van der Waals surface area contributed by atoms with Gasteiger partial charge in [0.1, 0.15) is 25.1 Å². The summed E-state index contributed by atoms with van der Waals surface area (Å²) in [6, 6.07) is -0.214. The smallest absolute Gasteiger partial charge is 0.246 e. The highest BCUT2D eigenvalue weighted by Gasteiger charge is 2.31. The Morgan fingerprint density at radius 1 is 1.48 bits per heavy atom. The van der Waals surface area contributed by atoms with E-state index in [1.807, 2.05) is 30.9 Å². The Morgan fingerprint density at radius 2 is 2.36 bits per heavy atom. The summed E-state index contributed by atoms with van der Waals surface area (Å²) in [7, 11) is 1.88. The second kappa shape index (κ2) is 8.13. The van der Waals surface area contributed by atoms with Gasteiger partial charge in [-0.15, -0.1) is 0 Å². The SMILES string of the molecule is CCn1cc(O[C@@H]2COC[C@@H]2NC(=O)COCc2nccn2C)cn1. The van der Waals surface area contributed by atoms with Gasteiger partial charge in [-0.25, -0.2) is 4.98 Å². The van der Waals surface area contributed by atoms with Gasteiger partial charge in [-0.05, 0) is 6.92 Å². The Morgan fingerprint density at radius 3 is 3.08 bits per heavy atom. The van der Waals surface area contributed by atoms with Crippen LogP contribution >= 0.6 is 0 Å². The summed E-state index contributed by atoms with van der Waals surface area (Å²) in [4.78, 5) is 16.2. The fourth-order valence-electron chi connectivity index (χ4n) is 2.56. The Bertz CT molecular complexity index is 698. The first-order chi connectivity index (χ1) is 12.2. The number of amides is 1. The second-order valence-electron chi connectivity index (χ2n) is 5.85. The Hall–Kier alpha value is -2.39. The molecule has 0 spiro atoms. The van der Waals surface area contributed by atoms with Crippen molar-refractivity contribution in [1.82, 2.24) is 24.6 Å². The van der Waals surface area contributed by atoms with Crippen LogP contribution in [0.2, 0.25) is 0 Å². The first-order valence-electron chi connectivity index (χ1n) is 8.26. The molecule has 9 heteroatoms. The summed E-state index contributed by atoms with van der Waals surface area (Å²) in [5.41, 5.74) is 0. The molecule has 3 rings (SSSR count). The predicted octanol–water partition coefficient (Wildman–Crippen LogP) is 0.116. The molecule has 2 atom stereocenters. The summed E-state index contributed by atoms with van der Waals surface area (Å²) in [6.07, 6.45) is 6.77. The van der Waals surface area contributed by atoms with Gasteiger partial charge in [0.15, 0.2) is 5.75 Å². The van der Waals surface area contributed by atoms with Crippen molar-refractivity contribution in [2.24, 2.45) is 7.05 Å². The van der Waals surface area contributed by atoms with Crippen LogP contribution in [0.1, 0.15) is 12.7 Å². The van der Waals surface area contributed by atoms with Gasteiger partial charge in [-0.2, -0.15) is 5.10 Å². The van der Waals surface area contributed by atoms with Crippen LogP contribution in [0.25, 0.3) is 0 Å². The first kappa shape index (κ1) is 17.4. The molecular formula is C16H23N5O4. The summed E-state index contributed by atoms with van der Waals surface area (Å²) in [5, 5.41) is 7.07. The lowest BCUT2D eigenvalue weighted by atomic mass is 10.2. The number of carbonyl (C=O) groups is 1. The van der Waals surface area contributed by atoms with E-state index in [0.29, 0.717) is 19.0 Å². The van der Waals surface area contributed by atoms with Crippen molar-refractivity contribution in [2.45, 2.75) is 32.2 Å². The highest BCUT2D eigenvalue weighted by molar-refractivity contribution is 5.77. The molecule has 0 aliphatic carbocycles. The molecule has 2 aromatic rings. The van der Waals surface area contributed by atoms with Crippen molar-refractivity contribution in [2.75, 3.05) is 19.8 Å². The summed E-state index contributed by atoms with van der Waals surface area (Å²) in [5.74, 6) is 1.23. The molecule has 9 nitrogen and oxygen atoms in total. The molecule has 0 bridgehead atoms. The molecule has 25 heavy (non-hydrogen) atoms. The average Bonchev–Trinajstić information content (AvgIpc) is 3.31. The van der Waals surface area contributed by atoms with Crippen LogP contribution in [-0.2, 0) is 34.5 Å². The molecule has 1 aliphatic rings. The minimum absolute atomic E-state index is 0.0378. The standard InChI is InChI=1S/C16H23N5O4/c1-3-21-7-12(6-18-21)25-14-9-23-8-13(14)19-16(22)11-24-10-15-17-4-5-20(15)2/h4-7,13-14H,3,8-11H2,1-2H3,(H,19,22)/t13-,14+/m0/s1. The van der Waals surface area contributed by atoms with E-state index in [1.165, 1.54) is 0 Å². The van der Waals surface area contributed by atoms with Crippen molar-refractivity contribution in [3.63, 3.8) is 0 Å². The number of rotatable bonds is 8. The van der Waals surface area contributed by atoms with Crippen LogP contribution in [0, 0.1) is 0 Å². The van der Waals surface area contributed by atoms with E-state index < -0.39 is 0 Å². The van der Waals surface area contributed by atoms with E-state index in [-0.39, 0.29) is 31.3 Å². The van der Waals surface area contributed by atoms with Gasteiger partial charge in [0.2, 0.25) is 5.91 Å². The van der Waals surface area contributed by atoms with Crippen LogP contribution in [0.4, 0.5) is 0 Å². The number of nitrogens with zero attached hydrogens (tertiary/aromatic N) is 4. The summed E-state index contributed by atoms with van der Waals surface area (Å²) >= 11 is 0. The highest BCUT2D eigenvalue weighted by atomic mass is 16.5. The lowest BCUT2D eigenvalue weighted by molar-refractivity contribution is -0.127. The van der Waals surface area contributed by atoms with Crippen LogP contribution in [-0.4, -0.2) is 57.2 Å². The van der Waals surface area contributed by atoms with Crippen molar-refractivity contribution in [3.05, 3.63) is 30.6 Å². The van der Waals surface area contributed by atoms with Crippen LogP contribution < -0.4 is 10.1 Å². The fraction of sp³-hybridized carbons (Fsp3) is 0.562. The fourth-order valence-corrected chi connectivity index (χ4v) is 2.56. The van der Waals surface area contributed by atoms with Crippen molar-refractivity contribution >= 4 is 5.91 Å². The van der Waals surface area contributed by atoms with Gasteiger partial charge in [-0.3, -0.25) is 9.48 Å². The summed E-state index contributed by atoms with van der Waals surface area (Å²) in [6.45, 7) is 3.87. The van der Waals surface area contributed by atoms with Crippen molar-refractivity contribution < 1.29 is 19.0 Å². The van der Waals surface area contributed by atoms with Crippen molar-refractivity contribution in [1.29, 1.82) is 0 Å². The van der Waals surface area contributed by atoms with Gasteiger partial charge < -0.3 is 24.1 Å². The maximum absolute atomic E-state index is 12.1. The third-order valence-electron chi connectivity index (χ3n) is 3.98. The number of hydrogen-bond donors (Lipinski definition) is 1. The third kappa shape index (κ3) is 4.58. The van der Waals surface area contributed by atoms with E-state index in [4.69, 9.17) is 14.2 Å². The Labute approximate surface area is 145 Å². The molecule has 1 amide bonds. The normalized spacial score (nSPS) is 19.9. The van der Waals surface area contributed by atoms with Gasteiger partial charge in [0.05, 0.1) is 31.6 Å². The van der Waals surface area contributed by atoms with E-state index >= 15 is 0 Å². The number of nitrogens with one attached hydrogen (secondary N) is 1. The topological polar surface area (TPSA) is 92.4 Å². The maximum Gasteiger partial charge on any atom is 0.246 e. The van der Waals surface area contributed by atoms with Crippen molar-refractivity contribution in [3.8, 4) is 5.75 Å². The van der Waals surface area contributed by atoms with E-state index in [2.05, 4.69) is 15.4 Å².